The van der Waals surface area contributed by atoms with Crippen LogP contribution in [0.2, 0.25) is 0 Å². The average molecular weight is 262 g/mol. The number of hydrogen-bond donors (Lipinski definition) is 1. The first-order valence-corrected chi connectivity index (χ1v) is 4.94. The van der Waals surface area contributed by atoms with Gasteiger partial charge in [0.25, 0.3) is 0 Å². The van der Waals surface area contributed by atoms with Crippen LogP contribution in [0.25, 0.3) is 0 Å². The van der Waals surface area contributed by atoms with Crippen molar-refractivity contribution in [2.75, 3.05) is 18.2 Å². The normalized spacial score (nSPS) is 9.93. The van der Waals surface area contributed by atoms with Crippen molar-refractivity contribution in [3.8, 4) is 5.75 Å². The van der Waals surface area contributed by atoms with Crippen LogP contribution in [-0.2, 0) is 0 Å². The van der Waals surface area contributed by atoms with Gasteiger partial charge < -0.3 is 10.5 Å². The Morgan fingerprint density at radius 2 is 2.29 bits per heavy atom. The number of alkyl halides is 1. The van der Waals surface area contributed by atoms with E-state index >= 15 is 0 Å². The Kier molecular flexibility index (Phi) is 3.46. The third-order valence-corrected chi connectivity index (χ3v) is 2.22. The highest BCUT2D eigenvalue weighted by Gasteiger charge is 2.15. The van der Waals surface area contributed by atoms with Crippen LogP contribution in [0.3, 0.4) is 0 Å². The van der Waals surface area contributed by atoms with Gasteiger partial charge in [-0.05, 0) is 6.07 Å². The number of methoxy groups -OCH3 is 1. The summed E-state index contributed by atoms with van der Waals surface area (Å²) in [5, 5.41) is 0.103. The predicted octanol–water partition coefficient (Wildman–Crippen LogP) is 1.99. The molecule has 5 heteroatoms. The lowest BCUT2D eigenvalue weighted by atomic mass is 10.1. The number of rotatable bonds is 3. The Balaban J connectivity index is 3.32. The Hall–Kier alpha value is -1.10. The van der Waals surface area contributed by atoms with E-state index in [1.807, 2.05) is 0 Å². The first-order valence-electron chi connectivity index (χ1n) is 3.82. The van der Waals surface area contributed by atoms with Gasteiger partial charge in [0.05, 0.1) is 23.7 Å². The second-order valence-corrected chi connectivity index (χ2v) is 3.19. The van der Waals surface area contributed by atoms with E-state index in [2.05, 4.69) is 15.9 Å². The first kappa shape index (κ1) is 11.0. The smallest absolute Gasteiger partial charge is 0.177 e. The van der Waals surface area contributed by atoms with Crippen LogP contribution in [0.4, 0.5) is 10.1 Å². The van der Waals surface area contributed by atoms with Crippen molar-refractivity contribution in [3.05, 3.63) is 23.5 Å². The van der Waals surface area contributed by atoms with Crippen LogP contribution >= 0.6 is 15.9 Å². The Morgan fingerprint density at radius 1 is 1.64 bits per heavy atom. The maximum atomic E-state index is 12.9. The number of benzene rings is 1. The van der Waals surface area contributed by atoms with E-state index in [4.69, 9.17) is 10.5 Å². The topological polar surface area (TPSA) is 52.3 Å². The number of carbonyl (C=O) groups is 1. The zero-order chi connectivity index (χ0) is 10.7. The zero-order valence-corrected chi connectivity index (χ0v) is 9.10. The molecule has 0 aliphatic carbocycles. The number of nitrogen functional groups attached to an aromatic ring is 1. The Labute approximate surface area is 89.2 Å². The predicted molar refractivity (Wildman–Crippen MR) is 55.5 cm³/mol. The molecule has 1 aromatic rings. The Morgan fingerprint density at radius 3 is 2.79 bits per heavy atom. The molecule has 0 radical (unpaired) electrons. The molecule has 0 heterocycles. The number of ether oxygens (including phenoxy) is 1. The lowest BCUT2D eigenvalue weighted by Crippen LogP contribution is -2.06. The molecule has 0 unspecified atom stereocenters. The number of Topliss-reactive ketones (excluding diaryl/α,β-unsaturated/α-hetero) is 1. The van der Waals surface area contributed by atoms with Crippen LogP contribution < -0.4 is 10.5 Å². The van der Waals surface area contributed by atoms with Crippen molar-refractivity contribution < 1.29 is 13.9 Å². The summed E-state index contributed by atoms with van der Waals surface area (Å²) in [6, 6.07) is 2.22. The molecule has 0 saturated heterocycles. The fourth-order valence-corrected chi connectivity index (χ4v) is 1.42. The van der Waals surface area contributed by atoms with Gasteiger partial charge in [-0.3, -0.25) is 4.79 Å². The lowest BCUT2D eigenvalue weighted by Gasteiger charge is -2.09. The van der Waals surface area contributed by atoms with Crippen molar-refractivity contribution in [2.24, 2.45) is 0 Å². The molecule has 0 spiro atoms. The van der Waals surface area contributed by atoms with Crippen LogP contribution in [0.1, 0.15) is 10.4 Å². The molecule has 0 bridgehead atoms. The van der Waals surface area contributed by atoms with Gasteiger partial charge in [0, 0.05) is 6.07 Å². The molecule has 0 aliphatic heterocycles. The fraction of sp³-hybridized carbons (Fsp3) is 0.222. The summed E-state index contributed by atoms with van der Waals surface area (Å²) >= 11 is 3.00. The van der Waals surface area contributed by atoms with Crippen LogP contribution in [-0.4, -0.2) is 18.2 Å². The van der Waals surface area contributed by atoms with Gasteiger partial charge in [-0.25, -0.2) is 4.39 Å². The van der Waals surface area contributed by atoms with Gasteiger partial charge in [0.2, 0.25) is 0 Å². The van der Waals surface area contributed by atoms with Gasteiger partial charge in [-0.1, -0.05) is 15.9 Å². The number of hydrogen-bond acceptors (Lipinski definition) is 3. The van der Waals surface area contributed by atoms with Crippen molar-refractivity contribution in [1.29, 1.82) is 0 Å². The molecule has 3 nitrogen and oxygen atoms in total. The summed E-state index contributed by atoms with van der Waals surface area (Å²) in [6.07, 6.45) is 0. The van der Waals surface area contributed by atoms with E-state index in [9.17, 15) is 9.18 Å². The van der Waals surface area contributed by atoms with Gasteiger partial charge in [0.15, 0.2) is 11.5 Å². The molecular formula is C9H9BrFNO2. The quantitative estimate of drug-likeness (QED) is 0.515. The maximum absolute atomic E-state index is 12.9. The fourth-order valence-electron chi connectivity index (χ4n) is 1.12. The summed E-state index contributed by atoms with van der Waals surface area (Å²) in [7, 11) is 1.38. The van der Waals surface area contributed by atoms with Crippen molar-refractivity contribution in [3.63, 3.8) is 0 Å². The van der Waals surface area contributed by atoms with E-state index in [-0.39, 0.29) is 28.1 Å². The summed E-state index contributed by atoms with van der Waals surface area (Å²) < 4.78 is 17.9. The van der Waals surface area contributed by atoms with E-state index in [0.717, 1.165) is 12.1 Å². The number of halogens is 2. The molecule has 76 valence electrons. The number of nitrogens with two attached hydrogens (primary N) is 1. The third kappa shape index (κ3) is 2.04. The molecule has 2 N–H and O–H groups in total. The minimum absolute atomic E-state index is 0.103. The molecule has 14 heavy (non-hydrogen) atoms. The molecule has 1 rings (SSSR count). The summed E-state index contributed by atoms with van der Waals surface area (Å²) in [6.45, 7) is 0. The van der Waals surface area contributed by atoms with Crippen LogP contribution in [0.15, 0.2) is 12.1 Å². The van der Waals surface area contributed by atoms with Crippen LogP contribution in [0, 0.1) is 5.82 Å². The second-order valence-electron chi connectivity index (χ2n) is 2.63. The van der Waals surface area contributed by atoms with Gasteiger partial charge in [-0.15, -0.1) is 0 Å². The number of carbonyl (C=O) groups excluding carboxylic acids is 1. The van der Waals surface area contributed by atoms with E-state index in [0.29, 0.717) is 0 Å². The molecular weight excluding hydrogens is 253 g/mol. The van der Waals surface area contributed by atoms with Crippen molar-refractivity contribution in [1.82, 2.24) is 0 Å². The first-order chi connectivity index (χ1) is 6.60. The Bertz CT molecular complexity index is 368. The van der Waals surface area contributed by atoms with Gasteiger partial charge in [-0.2, -0.15) is 0 Å². The van der Waals surface area contributed by atoms with Gasteiger partial charge in [0.1, 0.15) is 5.82 Å². The monoisotopic (exact) mass is 261 g/mol. The third-order valence-electron chi connectivity index (χ3n) is 1.71. The molecule has 0 atom stereocenters. The molecule has 0 fully saturated rings. The highest BCUT2D eigenvalue weighted by atomic mass is 79.9. The minimum Gasteiger partial charge on any atom is -0.494 e. The second kappa shape index (κ2) is 4.41. The molecule has 0 aromatic heterocycles. The van der Waals surface area contributed by atoms with Crippen molar-refractivity contribution >= 4 is 27.4 Å². The average Bonchev–Trinajstić information content (AvgIpc) is 2.15. The summed E-state index contributed by atoms with van der Waals surface area (Å²) in [5.41, 5.74) is 5.77. The van der Waals surface area contributed by atoms with Gasteiger partial charge >= 0.3 is 0 Å². The molecule has 0 saturated carbocycles. The summed E-state index contributed by atoms with van der Waals surface area (Å²) in [5.74, 6) is -0.600. The van der Waals surface area contributed by atoms with E-state index in [1.165, 1.54) is 7.11 Å². The molecule has 0 amide bonds. The van der Waals surface area contributed by atoms with Crippen molar-refractivity contribution in [2.45, 2.75) is 0 Å². The van der Waals surface area contributed by atoms with E-state index < -0.39 is 5.82 Å². The zero-order valence-electron chi connectivity index (χ0n) is 7.51. The molecule has 0 aliphatic rings. The van der Waals surface area contributed by atoms with E-state index in [1.54, 1.807) is 0 Å². The van der Waals surface area contributed by atoms with Crippen LogP contribution in [0.5, 0.6) is 5.75 Å². The lowest BCUT2D eigenvalue weighted by molar-refractivity contribution is 0.102. The number of ketones is 1. The standard InChI is InChI=1S/C9H9BrFNO2/c1-14-9-6(8(13)4-10)2-5(11)3-7(9)12/h2-3H,4,12H2,1H3. The number of anilines is 1. The highest BCUT2D eigenvalue weighted by Crippen LogP contribution is 2.28. The minimum atomic E-state index is -0.549. The highest BCUT2D eigenvalue weighted by molar-refractivity contribution is 9.09. The maximum Gasteiger partial charge on any atom is 0.177 e. The summed E-state index contributed by atoms with van der Waals surface area (Å²) in [4.78, 5) is 11.3. The largest absolute Gasteiger partial charge is 0.494 e. The SMILES string of the molecule is COc1c(N)cc(F)cc1C(=O)CBr. The molecule has 1 aromatic carbocycles.